The van der Waals surface area contributed by atoms with E-state index >= 15 is 0 Å². The molecule has 8 nitrogen and oxygen atoms in total. The molecule has 0 unspecified atom stereocenters. The van der Waals surface area contributed by atoms with Gasteiger partial charge in [-0.05, 0) is 50.2 Å². The van der Waals surface area contributed by atoms with E-state index in [1.54, 1.807) is 38.1 Å². The van der Waals surface area contributed by atoms with Crippen LogP contribution < -0.4 is 0 Å². The van der Waals surface area contributed by atoms with Gasteiger partial charge in [0.25, 0.3) is 0 Å². The van der Waals surface area contributed by atoms with Crippen LogP contribution in [0.2, 0.25) is 0 Å². The maximum atomic E-state index is 12.6. The van der Waals surface area contributed by atoms with Gasteiger partial charge in [0.05, 0.1) is 11.1 Å². The van der Waals surface area contributed by atoms with E-state index in [1.807, 2.05) is 0 Å². The van der Waals surface area contributed by atoms with Gasteiger partial charge in [-0.1, -0.05) is 47.5 Å². The first-order chi connectivity index (χ1) is 15.0. The van der Waals surface area contributed by atoms with E-state index in [1.165, 1.54) is 48.5 Å². The number of hydrogen-bond donors (Lipinski definition) is 1. The van der Waals surface area contributed by atoms with Crippen molar-refractivity contribution in [1.29, 1.82) is 5.41 Å². The number of carbonyl (C=O) groups is 1. The molecule has 0 spiro atoms. The average molecular weight is 474 g/mol. The molecule has 10 heteroatoms. The van der Waals surface area contributed by atoms with Gasteiger partial charge in [0, 0.05) is 0 Å². The van der Waals surface area contributed by atoms with Crippen LogP contribution in [-0.4, -0.2) is 28.7 Å². The third-order valence-electron chi connectivity index (χ3n) is 4.39. The first kappa shape index (κ1) is 23.2. The van der Waals surface area contributed by atoms with Crippen LogP contribution in [0.4, 0.5) is 0 Å². The van der Waals surface area contributed by atoms with Gasteiger partial charge in [-0.3, -0.25) is 5.41 Å². The van der Waals surface area contributed by atoms with Crippen LogP contribution in [0.1, 0.15) is 27.0 Å². The van der Waals surface area contributed by atoms with Crippen molar-refractivity contribution in [2.45, 2.75) is 23.6 Å². The molecule has 3 aromatic carbocycles. The van der Waals surface area contributed by atoms with Crippen molar-refractivity contribution >= 4 is 32.1 Å². The highest BCUT2D eigenvalue weighted by Crippen LogP contribution is 2.20. The van der Waals surface area contributed by atoms with Crippen LogP contribution in [0.3, 0.4) is 0 Å². The zero-order valence-electron chi connectivity index (χ0n) is 17.1. The van der Waals surface area contributed by atoms with Gasteiger partial charge in [0.15, 0.2) is 0 Å². The van der Waals surface area contributed by atoms with E-state index in [-0.39, 0.29) is 20.9 Å². The minimum Gasteiger partial charge on any atom is -0.358 e. The zero-order chi connectivity index (χ0) is 23.5. The van der Waals surface area contributed by atoms with Crippen LogP contribution in [0.15, 0.2) is 82.6 Å². The molecule has 0 saturated carbocycles. The first-order valence-electron chi connectivity index (χ1n) is 9.24. The molecular formula is C22H19NO7S2. The summed E-state index contributed by atoms with van der Waals surface area (Å²) in [5, 5.41) is 8.07. The summed E-state index contributed by atoms with van der Waals surface area (Å²) in [7, 11) is -8.77. The topological polar surface area (TPSA) is 128 Å². The molecule has 166 valence electrons. The Kier molecular flexibility index (Phi) is 6.47. The Hall–Kier alpha value is -3.50. The van der Waals surface area contributed by atoms with Crippen molar-refractivity contribution in [3.05, 3.63) is 95.1 Å². The first-order valence-corrected chi connectivity index (χ1v) is 12.1. The fraction of sp³-hybridized carbons (Fsp3) is 0.0909. The molecular weight excluding hydrogens is 454 g/mol. The maximum absolute atomic E-state index is 12.6. The Labute approximate surface area is 186 Å². The van der Waals surface area contributed by atoms with Crippen LogP contribution in [0, 0.1) is 19.3 Å². The predicted octanol–water partition coefficient (Wildman–Crippen LogP) is 3.58. The second kappa shape index (κ2) is 8.93. The third kappa shape index (κ3) is 5.21. The van der Waals surface area contributed by atoms with E-state index in [4.69, 9.17) is 13.8 Å². The lowest BCUT2D eigenvalue weighted by Gasteiger charge is -2.12. The number of aryl methyl sites for hydroxylation is 2. The summed E-state index contributed by atoms with van der Waals surface area (Å²) < 4.78 is 59.4. The van der Waals surface area contributed by atoms with E-state index in [2.05, 4.69) is 0 Å². The van der Waals surface area contributed by atoms with Gasteiger partial charge in [0.1, 0.15) is 9.79 Å². The minimum atomic E-state index is -4.43. The lowest BCUT2D eigenvalue weighted by Crippen LogP contribution is -2.19. The maximum Gasteiger partial charge on any atom is 0.354 e. The molecule has 32 heavy (non-hydrogen) atoms. The van der Waals surface area contributed by atoms with Crippen molar-refractivity contribution < 1.29 is 30.0 Å². The quantitative estimate of drug-likeness (QED) is 0.329. The number of benzene rings is 3. The van der Waals surface area contributed by atoms with E-state index in [0.29, 0.717) is 0 Å². The second-order valence-corrected chi connectivity index (χ2v) is 9.96. The molecule has 3 rings (SSSR count). The van der Waals surface area contributed by atoms with Crippen LogP contribution in [0.25, 0.3) is 0 Å². The standard InChI is InChI=1S/C22H19NO7S2/c1-15-7-11-17(12-8-15)31(25,26)29-21(23)19-5-3-4-6-20(19)22(24)30-32(27,28)18-13-9-16(2)10-14-18/h3-14,23H,1-2H3. The second-order valence-electron chi connectivity index (χ2n) is 6.86. The fourth-order valence-corrected chi connectivity index (χ4v) is 4.39. The molecule has 0 amide bonds. The Morgan fingerprint density at radius 2 is 1.06 bits per heavy atom. The molecule has 1 N–H and O–H groups in total. The summed E-state index contributed by atoms with van der Waals surface area (Å²) in [5.41, 5.74) is 1.07. The SMILES string of the molecule is Cc1ccc(S(=O)(=O)OC(=N)c2ccccc2C(=O)OS(=O)(=O)c2ccc(C)cc2)cc1. The lowest BCUT2D eigenvalue weighted by atomic mass is 10.1. The Morgan fingerprint density at radius 3 is 1.53 bits per heavy atom. The third-order valence-corrected chi connectivity index (χ3v) is 6.85. The van der Waals surface area contributed by atoms with Crippen LogP contribution in [0.5, 0.6) is 0 Å². The molecule has 0 aliphatic heterocycles. The molecule has 0 aliphatic carbocycles. The Balaban J connectivity index is 1.86. The van der Waals surface area contributed by atoms with Gasteiger partial charge < -0.3 is 8.37 Å². The molecule has 0 aromatic heterocycles. The summed E-state index contributed by atoms with van der Waals surface area (Å²) in [6, 6.07) is 16.8. The molecule has 0 heterocycles. The normalized spacial score (nSPS) is 11.6. The molecule has 0 atom stereocenters. The zero-order valence-corrected chi connectivity index (χ0v) is 18.7. The smallest absolute Gasteiger partial charge is 0.354 e. The predicted molar refractivity (Wildman–Crippen MR) is 117 cm³/mol. The highest BCUT2D eigenvalue weighted by atomic mass is 32.2. The summed E-state index contributed by atoms with van der Waals surface area (Å²) in [6.07, 6.45) is 0. The van der Waals surface area contributed by atoms with E-state index < -0.39 is 32.1 Å². The lowest BCUT2D eigenvalue weighted by molar-refractivity contribution is 0.0746. The molecule has 3 aromatic rings. The van der Waals surface area contributed by atoms with Crippen molar-refractivity contribution in [2.24, 2.45) is 0 Å². The van der Waals surface area contributed by atoms with E-state index in [0.717, 1.165) is 11.1 Å². The summed E-state index contributed by atoms with van der Waals surface area (Å²) >= 11 is 0. The van der Waals surface area contributed by atoms with Crippen LogP contribution >= 0.6 is 0 Å². The molecule has 0 bridgehead atoms. The Bertz CT molecular complexity index is 1270. The summed E-state index contributed by atoms with van der Waals surface area (Å²) in [4.78, 5) is 12.2. The monoisotopic (exact) mass is 473 g/mol. The molecule has 0 saturated heterocycles. The van der Waals surface area contributed by atoms with Crippen molar-refractivity contribution in [1.82, 2.24) is 0 Å². The summed E-state index contributed by atoms with van der Waals surface area (Å²) in [6.45, 7) is 3.56. The highest BCUT2D eigenvalue weighted by molar-refractivity contribution is 7.87. The van der Waals surface area contributed by atoms with Gasteiger partial charge in [-0.15, -0.1) is 0 Å². The van der Waals surface area contributed by atoms with Gasteiger partial charge >= 0.3 is 26.2 Å². The van der Waals surface area contributed by atoms with Crippen LogP contribution in [-0.2, 0) is 28.6 Å². The average Bonchev–Trinajstić information content (AvgIpc) is 2.73. The number of rotatable bonds is 6. The van der Waals surface area contributed by atoms with Gasteiger partial charge in [0.2, 0.25) is 5.90 Å². The van der Waals surface area contributed by atoms with Crippen molar-refractivity contribution in [2.75, 3.05) is 0 Å². The largest absolute Gasteiger partial charge is 0.358 e. The number of nitrogens with one attached hydrogen (secondary N) is 1. The van der Waals surface area contributed by atoms with Crippen molar-refractivity contribution in [3.8, 4) is 0 Å². The molecule has 0 radical (unpaired) electrons. The fourth-order valence-electron chi connectivity index (χ4n) is 2.66. The van der Waals surface area contributed by atoms with Gasteiger partial charge in [-0.2, -0.15) is 16.8 Å². The number of carbonyl (C=O) groups excluding carboxylic acids is 1. The van der Waals surface area contributed by atoms with Crippen molar-refractivity contribution in [3.63, 3.8) is 0 Å². The molecule has 0 fully saturated rings. The van der Waals surface area contributed by atoms with Gasteiger partial charge in [-0.25, -0.2) is 4.79 Å². The summed E-state index contributed by atoms with van der Waals surface area (Å²) in [5.74, 6) is -2.13. The highest BCUT2D eigenvalue weighted by Gasteiger charge is 2.26. The molecule has 0 aliphatic rings. The number of hydrogen-bond acceptors (Lipinski definition) is 8. The minimum absolute atomic E-state index is 0.171. The Morgan fingerprint density at radius 1 is 0.656 bits per heavy atom. The van der Waals surface area contributed by atoms with E-state index in [9.17, 15) is 21.6 Å².